The van der Waals surface area contributed by atoms with Gasteiger partial charge in [0.2, 0.25) is 5.95 Å². The summed E-state index contributed by atoms with van der Waals surface area (Å²) in [6, 6.07) is 0. The Morgan fingerprint density at radius 3 is 2.44 bits per heavy atom. The Morgan fingerprint density at radius 1 is 1.44 bits per heavy atom. The number of ether oxygens (including phenoxy) is 1. The molecule has 0 bridgehead atoms. The Kier molecular flexibility index (Phi) is 4.55. The zero-order chi connectivity index (χ0) is 13.8. The van der Waals surface area contributed by atoms with Gasteiger partial charge in [0, 0.05) is 18.8 Å². The van der Waals surface area contributed by atoms with Gasteiger partial charge in [-0.3, -0.25) is 5.32 Å². The molecular weight excluding hydrogens is 252 g/mol. The molecule has 1 rings (SSSR count). The molecule has 0 spiro atoms. The maximum absolute atomic E-state index is 11.4. The van der Waals surface area contributed by atoms with Crippen LogP contribution in [0.15, 0.2) is 12.4 Å². The number of nitrogens with two attached hydrogens (primary N) is 1. The molecule has 98 valence electrons. The van der Waals surface area contributed by atoms with Crippen molar-refractivity contribution in [1.29, 1.82) is 0 Å². The third-order valence-corrected chi connectivity index (χ3v) is 1.84. The largest absolute Gasteiger partial charge is 0.444 e. The van der Waals surface area contributed by atoms with Gasteiger partial charge < -0.3 is 10.5 Å². The van der Waals surface area contributed by atoms with Crippen LogP contribution in [-0.4, -0.2) is 26.7 Å². The number of carbonyl (C=O) groups is 1. The van der Waals surface area contributed by atoms with Crippen LogP contribution in [-0.2, 0) is 11.2 Å². The predicted molar refractivity (Wildman–Crippen MR) is 72.4 cm³/mol. The van der Waals surface area contributed by atoms with Crippen LogP contribution in [0.5, 0.6) is 0 Å². The van der Waals surface area contributed by atoms with E-state index in [0.717, 1.165) is 5.56 Å². The van der Waals surface area contributed by atoms with Gasteiger partial charge in [0.1, 0.15) is 5.60 Å². The number of hydrogen-bond donors (Lipinski definition) is 2. The van der Waals surface area contributed by atoms with Crippen LogP contribution < -0.4 is 11.1 Å². The fourth-order valence-corrected chi connectivity index (χ4v) is 1.27. The van der Waals surface area contributed by atoms with E-state index in [1.807, 2.05) is 0 Å². The lowest BCUT2D eigenvalue weighted by molar-refractivity contribution is 0.0634. The first-order chi connectivity index (χ1) is 8.26. The van der Waals surface area contributed by atoms with Crippen LogP contribution in [0.4, 0.5) is 10.7 Å². The predicted octanol–water partition coefficient (Wildman–Crippen LogP) is 1.65. The molecule has 7 heteroatoms. The van der Waals surface area contributed by atoms with Gasteiger partial charge in [-0.15, -0.1) is 0 Å². The monoisotopic (exact) mass is 268 g/mol. The van der Waals surface area contributed by atoms with E-state index in [1.165, 1.54) is 0 Å². The summed E-state index contributed by atoms with van der Waals surface area (Å²) in [4.78, 5) is 19.7. The highest BCUT2D eigenvalue weighted by atomic mass is 32.1. The maximum Gasteiger partial charge on any atom is 0.414 e. The number of aromatic nitrogens is 2. The zero-order valence-corrected chi connectivity index (χ0v) is 11.4. The number of thiocarbonyl (C=S) groups is 1. The van der Waals surface area contributed by atoms with E-state index in [4.69, 9.17) is 22.7 Å². The van der Waals surface area contributed by atoms with Crippen LogP contribution in [0.3, 0.4) is 0 Å². The van der Waals surface area contributed by atoms with Gasteiger partial charge in [-0.25, -0.2) is 14.8 Å². The first-order valence-corrected chi connectivity index (χ1v) is 5.76. The number of amides is 1. The van der Waals surface area contributed by atoms with Crippen molar-refractivity contribution in [2.75, 3.05) is 5.32 Å². The standard InChI is InChI=1S/C11H16N4O2S/c1-11(2,3)17-10(16)15-9-13-5-7(6-14-9)4-8(12)18/h5-6H,4H2,1-3H3,(H2,12,18)(H,13,14,15,16). The molecule has 3 N–H and O–H groups in total. The quantitative estimate of drug-likeness (QED) is 0.810. The second-order valence-corrected chi connectivity index (χ2v) is 5.21. The molecule has 18 heavy (non-hydrogen) atoms. The van der Waals surface area contributed by atoms with E-state index >= 15 is 0 Å². The molecule has 0 saturated carbocycles. The van der Waals surface area contributed by atoms with Crippen molar-refractivity contribution in [2.24, 2.45) is 5.73 Å². The van der Waals surface area contributed by atoms with E-state index in [1.54, 1.807) is 33.2 Å². The molecule has 1 amide bonds. The minimum Gasteiger partial charge on any atom is -0.444 e. The Hall–Kier alpha value is -1.76. The van der Waals surface area contributed by atoms with Crippen LogP contribution >= 0.6 is 12.2 Å². The van der Waals surface area contributed by atoms with Gasteiger partial charge in [0.15, 0.2) is 0 Å². The molecule has 1 aromatic rings. The third-order valence-electron chi connectivity index (χ3n) is 1.70. The number of rotatable bonds is 3. The summed E-state index contributed by atoms with van der Waals surface area (Å²) in [5.74, 6) is 0.177. The van der Waals surface area contributed by atoms with E-state index in [2.05, 4.69) is 15.3 Å². The first kappa shape index (κ1) is 14.3. The number of nitrogens with zero attached hydrogens (tertiary/aromatic N) is 2. The van der Waals surface area contributed by atoms with Gasteiger partial charge >= 0.3 is 6.09 Å². The highest BCUT2D eigenvalue weighted by Gasteiger charge is 2.16. The molecule has 0 radical (unpaired) electrons. The molecule has 1 heterocycles. The number of nitrogens with one attached hydrogen (secondary N) is 1. The Labute approximate surface area is 111 Å². The van der Waals surface area contributed by atoms with Crippen molar-refractivity contribution in [3.8, 4) is 0 Å². The van der Waals surface area contributed by atoms with Gasteiger partial charge in [-0.1, -0.05) is 12.2 Å². The molecule has 0 unspecified atom stereocenters. The summed E-state index contributed by atoms with van der Waals surface area (Å²) in [5.41, 5.74) is 5.63. The summed E-state index contributed by atoms with van der Waals surface area (Å²) < 4.78 is 5.07. The summed E-state index contributed by atoms with van der Waals surface area (Å²) in [6.45, 7) is 5.33. The van der Waals surface area contributed by atoms with Gasteiger partial charge in [-0.05, 0) is 26.3 Å². The van der Waals surface area contributed by atoms with Crippen molar-refractivity contribution in [1.82, 2.24) is 9.97 Å². The Balaban J connectivity index is 2.58. The molecule has 0 aromatic carbocycles. The minimum atomic E-state index is -0.593. The molecule has 0 fully saturated rings. The van der Waals surface area contributed by atoms with Gasteiger partial charge in [0.25, 0.3) is 0 Å². The molecule has 1 aromatic heterocycles. The maximum atomic E-state index is 11.4. The molecule has 0 aliphatic heterocycles. The van der Waals surface area contributed by atoms with Crippen LogP contribution in [0.2, 0.25) is 0 Å². The lowest BCUT2D eigenvalue weighted by atomic mass is 10.2. The number of carbonyl (C=O) groups excluding carboxylic acids is 1. The Bertz CT molecular complexity index is 439. The topological polar surface area (TPSA) is 90.1 Å². The third kappa shape index (κ3) is 5.53. The summed E-state index contributed by atoms with van der Waals surface area (Å²) >= 11 is 4.77. The van der Waals surface area contributed by atoms with Crippen LogP contribution in [0, 0.1) is 0 Å². The van der Waals surface area contributed by atoms with Crippen LogP contribution in [0.25, 0.3) is 0 Å². The minimum absolute atomic E-state index is 0.177. The summed E-state index contributed by atoms with van der Waals surface area (Å²) in [7, 11) is 0. The fourth-order valence-electron chi connectivity index (χ4n) is 1.11. The normalized spacial score (nSPS) is 10.8. The van der Waals surface area contributed by atoms with Crippen molar-refractivity contribution >= 4 is 29.2 Å². The number of hydrogen-bond acceptors (Lipinski definition) is 5. The highest BCUT2D eigenvalue weighted by Crippen LogP contribution is 2.09. The average molecular weight is 268 g/mol. The molecular formula is C11H16N4O2S. The van der Waals surface area contributed by atoms with Crippen molar-refractivity contribution in [3.63, 3.8) is 0 Å². The molecule has 6 nitrogen and oxygen atoms in total. The molecule has 0 saturated heterocycles. The second-order valence-electron chi connectivity index (χ2n) is 4.68. The second kappa shape index (κ2) is 5.72. The number of anilines is 1. The smallest absolute Gasteiger partial charge is 0.414 e. The lowest BCUT2D eigenvalue weighted by Gasteiger charge is -2.19. The molecule has 0 aliphatic carbocycles. The van der Waals surface area contributed by atoms with E-state index in [9.17, 15) is 4.79 Å². The molecule has 0 atom stereocenters. The molecule has 0 aliphatic rings. The highest BCUT2D eigenvalue weighted by molar-refractivity contribution is 7.80. The Morgan fingerprint density at radius 2 is 2.00 bits per heavy atom. The van der Waals surface area contributed by atoms with Crippen molar-refractivity contribution < 1.29 is 9.53 Å². The first-order valence-electron chi connectivity index (χ1n) is 5.35. The summed E-state index contributed by atoms with van der Waals surface area (Å²) in [6.07, 6.45) is 2.95. The SMILES string of the molecule is CC(C)(C)OC(=O)Nc1ncc(CC(N)=S)cn1. The van der Waals surface area contributed by atoms with Gasteiger partial charge in [0.05, 0.1) is 4.99 Å². The van der Waals surface area contributed by atoms with Gasteiger partial charge in [-0.2, -0.15) is 0 Å². The van der Waals surface area contributed by atoms with Crippen LogP contribution in [0.1, 0.15) is 26.3 Å². The zero-order valence-electron chi connectivity index (χ0n) is 10.6. The van der Waals surface area contributed by atoms with E-state index in [0.29, 0.717) is 11.4 Å². The average Bonchev–Trinajstić information content (AvgIpc) is 2.17. The van der Waals surface area contributed by atoms with Crippen molar-refractivity contribution in [3.05, 3.63) is 18.0 Å². The summed E-state index contributed by atoms with van der Waals surface area (Å²) in [5, 5.41) is 2.43. The van der Waals surface area contributed by atoms with E-state index in [-0.39, 0.29) is 5.95 Å². The fraction of sp³-hybridized carbons (Fsp3) is 0.455. The van der Waals surface area contributed by atoms with Crippen molar-refractivity contribution in [2.45, 2.75) is 32.8 Å². The van der Waals surface area contributed by atoms with E-state index < -0.39 is 11.7 Å². The lowest BCUT2D eigenvalue weighted by Crippen LogP contribution is -2.27.